The Balaban J connectivity index is 1.79. The van der Waals surface area contributed by atoms with E-state index in [0.29, 0.717) is 6.61 Å². The lowest BCUT2D eigenvalue weighted by Crippen LogP contribution is -1.95. The predicted molar refractivity (Wildman–Crippen MR) is 80.1 cm³/mol. The third-order valence-corrected chi connectivity index (χ3v) is 3.31. The van der Waals surface area contributed by atoms with Gasteiger partial charge in [0.1, 0.15) is 0 Å². The fraction of sp³-hybridized carbons (Fsp3) is 0.647. The predicted octanol–water partition coefficient (Wildman–Crippen LogP) is 4.32. The summed E-state index contributed by atoms with van der Waals surface area (Å²) in [5, 5.41) is 8.66. The Morgan fingerprint density at radius 3 is 1.95 bits per heavy atom. The first-order valence-corrected chi connectivity index (χ1v) is 7.66. The Morgan fingerprint density at radius 2 is 1.32 bits per heavy atom. The van der Waals surface area contributed by atoms with E-state index in [9.17, 15) is 0 Å². The maximum absolute atomic E-state index is 8.66. The number of aliphatic hydroxyl groups is 1. The van der Waals surface area contributed by atoms with Crippen LogP contribution in [0.25, 0.3) is 0 Å². The van der Waals surface area contributed by atoms with Crippen molar-refractivity contribution >= 4 is 0 Å². The molecule has 0 amide bonds. The quantitative estimate of drug-likeness (QED) is 0.570. The molecule has 1 rings (SSSR count). The van der Waals surface area contributed by atoms with E-state index in [0.717, 1.165) is 19.6 Å². The lowest BCUT2D eigenvalue weighted by Gasteiger charge is -2.04. The molecule has 0 heterocycles. The van der Waals surface area contributed by atoms with Gasteiger partial charge in [0, 0.05) is 13.2 Å². The van der Waals surface area contributed by atoms with Crippen molar-refractivity contribution in [1.29, 1.82) is 0 Å². The summed E-state index contributed by atoms with van der Waals surface area (Å²) in [7, 11) is 0. The lowest BCUT2D eigenvalue weighted by atomic mass is 10.1. The second-order valence-electron chi connectivity index (χ2n) is 5.09. The second kappa shape index (κ2) is 12.2. The fourth-order valence-corrected chi connectivity index (χ4v) is 2.14. The molecule has 1 aromatic rings. The third-order valence-electron chi connectivity index (χ3n) is 3.31. The number of ether oxygens (including phenoxy) is 1. The highest BCUT2D eigenvalue weighted by molar-refractivity contribution is 5.13. The number of rotatable bonds is 12. The Morgan fingerprint density at radius 1 is 0.737 bits per heavy atom. The molecule has 19 heavy (non-hydrogen) atoms. The first-order valence-electron chi connectivity index (χ1n) is 7.66. The van der Waals surface area contributed by atoms with Crippen molar-refractivity contribution in [1.82, 2.24) is 0 Å². The minimum absolute atomic E-state index is 0.346. The van der Waals surface area contributed by atoms with Gasteiger partial charge >= 0.3 is 0 Å². The van der Waals surface area contributed by atoms with Crippen molar-refractivity contribution < 1.29 is 9.84 Å². The molecule has 0 aliphatic rings. The zero-order valence-corrected chi connectivity index (χ0v) is 12.0. The van der Waals surface area contributed by atoms with Gasteiger partial charge < -0.3 is 9.84 Å². The molecule has 0 aliphatic carbocycles. The standard InChI is InChI=1S/C17H28O2/c18-14-10-5-3-1-2-4-6-11-15-19-16-17-12-8-7-9-13-17/h7-9,12-13,18H,1-6,10-11,14-16H2. The van der Waals surface area contributed by atoms with E-state index in [4.69, 9.17) is 9.84 Å². The summed E-state index contributed by atoms with van der Waals surface area (Å²) in [6.45, 7) is 1.96. The van der Waals surface area contributed by atoms with Gasteiger partial charge in [-0.25, -0.2) is 0 Å². The Labute approximate surface area is 117 Å². The molecule has 1 aromatic carbocycles. The van der Waals surface area contributed by atoms with Crippen molar-refractivity contribution in [3.63, 3.8) is 0 Å². The maximum Gasteiger partial charge on any atom is 0.0716 e. The molecule has 0 atom stereocenters. The molecule has 2 nitrogen and oxygen atoms in total. The van der Waals surface area contributed by atoms with Crippen LogP contribution in [0, 0.1) is 0 Å². The number of benzene rings is 1. The fourth-order valence-electron chi connectivity index (χ4n) is 2.14. The van der Waals surface area contributed by atoms with E-state index in [1.165, 1.54) is 50.5 Å². The first-order chi connectivity index (χ1) is 9.43. The summed E-state index contributed by atoms with van der Waals surface area (Å²) < 4.78 is 5.65. The summed E-state index contributed by atoms with van der Waals surface area (Å²) in [4.78, 5) is 0. The van der Waals surface area contributed by atoms with Gasteiger partial charge in [0.15, 0.2) is 0 Å². The van der Waals surface area contributed by atoms with Crippen molar-refractivity contribution in [3.8, 4) is 0 Å². The Bertz CT molecular complexity index is 285. The van der Waals surface area contributed by atoms with Crippen LogP contribution in [0.5, 0.6) is 0 Å². The highest BCUT2D eigenvalue weighted by Gasteiger charge is 1.94. The van der Waals surface area contributed by atoms with Crippen LogP contribution in [0.1, 0.15) is 56.9 Å². The molecule has 0 aliphatic heterocycles. The SMILES string of the molecule is OCCCCCCCCCCOCc1ccccc1. The van der Waals surface area contributed by atoms with Gasteiger partial charge in [0.25, 0.3) is 0 Å². The molecule has 0 unspecified atom stereocenters. The molecule has 2 heteroatoms. The number of hydrogen-bond donors (Lipinski definition) is 1. The molecule has 0 saturated carbocycles. The van der Waals surface area contributed by atoms with Crippen LogP contribution < -0.4 is 0 Å². The number of hydrogen-bond acceptors (Lipinski definition) is 2. The molecule has 0 saturated heterocycles. The van der Waals surface area contributed by atoms with E-state index in [-0.39, 0.29) is 0 Å². The van der Waals surface area contributed by atoms with Crippen LogP contribution in [0.4, 0.5) is 0 Å². The number of unbranched alkanes of at least 4 members (excludes halogenated alkanes) is 7. The van der Waals surface area contributed by atoms with Gasteiger partial charge in [-0.2, -0.15) is 0 Å². The highest BCUT2D eigenvalue weighted by atomic mass is 16.5. The van der Waals surface area contributed by atoms with Gasteiger partial charge in [-0.3, -0.25) is 0 Å². The minimum atomic E-state index is 0.346. The van der Waals surface area contributed by atoms with Crippen LogP contribution in [0.3, 0.4) is 0 Å². The molecule has 108 valence electrons. The molecule has 0 radical (unpaired) electrons. The average Bonchev–Trinajstić information content (AvgIpc) is 2.46. The second-order valence-corrected chi connectivity index (χ2v) is 5.09. The van der Waals surface area contributed by atoms with Crippen molar-refractivity contribution in [2.45, 2.75) is 58.0 Å². The maximum atomic E-state index is 8.66. The smallest absolute Gasteiger partial charge is 0.0716 e. The van der Waals surface area contributed by atoms with Crippen LogP contribution in [0.15, 0.2) is 30.3 Å². The average molecular weight is 264 g/mol. The molecular formula is C17H28O2. The minimum Gasteiger partial charge on any atom is -0.396 e. The molecule has 1 N–H and O–H groups in total. The number of aliphatic hydroxyl groups excluding tert-OH is 1. The summed E-state index contributed by atoms with van der Waals surface area (Å²) in [5.74, 6) is 0. The van der Waals surface area contributed by atoms with Crippen LogP contribution in [0.2, 0.25) is 0 Å². The van der Waals surface area contributed by atoms with E-state index < -0.39 is 0 Å². The molecule has 0 spiro atoms. The van der Waals surface area contributed by atoms with E-state index >= 15 is 0 Å². The van der Waals surface area contributed by atoms with Crippen LogP contribution in [-0.4, -0.2) is 18.3 Å². The van der Waals surface area contributed by atoms with Crippen molar-refractivity contribution in [3.05, 3.63) is 35.9 Å². The van der Waals surface area contributed by atoms with Gasteiger partial charge in [-0.05, 0) is 18.4 Å². The first kappa shape index (κ1) is 16.2. The third kappa shape index (κ3) is 9.69. The monoisotopic (exact) mass is 264 g/mol. The summed E-state index contributed by atoms with van der Waals surface area (Å²) in [6.07, 6.45) is 9.80. The van der Waals surface area contributed by atoms with Gasteiger partial charge in [0.05, 0.1) is 6.61 Å². The lowest BCUT2D eigenvalue weighted by molar-refractivity contribution is 0.116. The van der Waals surface area contributed by atoms with Crippen LogP contribution in [-0.2, 0) is 11.3 Å². The molecular weight excluding hydrogens is 236 g/mol. The summed E-state index contributed by atoms with van der Waals surface area (Å²) in [6, 6.07) is 10.3. The van der Waals surface area contributed by atoms with E-state index in [1.54, 1.807) is 0 Å². The Hall–Kier alpha value is -0.860. The van der Waals surface area contributed by atoms with E-state index in [1.807, 2.05) is 6.07 Å². The van der Waals surface area contributed by atoms with Gasteiger partial charge in [-0.1, -0.05) is 68.9 Å². The molecule has 0 bridgehead atoms. The summed E-state index contributed by atoms with van der Waals surface area (Å²) in [5.41, 5.74) is 1.26. The zero-order valence-electron chi connectivity index (χ0n) is 12.0. The van der Waals surface area contributed by atoms with Crippen molar-refractivity contribution in [2.24, 2.45) is 0 Å². The largest absolute Gasteiger partial charge is 0.396 e. The van der Waals surface area contributed by atoms with Gasteiger partial charge in [0.2, 0.25) is 0 Å². The van der Waals surface area contributed by atoms with Gasteiger partial charge in [-0.15, -0.1) is 0 Å². The normalized spacial score (nSPS) is 10.8. The van der Waals surface area contributed by atoms with Crippen molar-refractivity contribution in [2.75, 3.05) is 13.2 Å². The van der Waals surface area contributed by atoms with E-state index in [2.05, 4.69) is 24.3 Å². The summed E-state index contributed by atoms with van der Waals surface area (Å²) >= 11 is 0. The molecule has 0 aromatic heterocycles. The highest BCUT2D eigenvalue weighted by Crippen LogP contribution is 2.09. The zero-order chi connectivity index (χ0) is 13.6. The molecule has 0 fully saturated rings. The topological polar surface area (TPSA) is 29.5 Å². The van der Waals surface area contributed by atoms with Crippen LogP contribution >= 0.6 is 0 Å². The Kier molecular flexibility index (Phi) is 10.4.